The second-order valence-corrected chi connectivity index (χ2v) is 6.00. The van der Waals surface area contributed by atoms with E-state index in [2.05, 4.69) is 10.6 Å². The van der Waals surface area contributed by atoms with Gasteiger partial charge < -0.3 is 20.5 Å². The number of ether oxygens (including phenoxy) is 1. The SMILES string of the molecule is COC(CNC(=O)NCC(C)(C)SC)CC(=O)O. The van der Waals surface area contributed by atoms with Gasteiger partial charge in [-0.25, -0.2) is 4.79 Å². The molecule has 7 heteroatoms. The number of nitrogens with one attached hydrogen (secondary N) is 2. The molecule has 0 aliphatic rings. The third-order valence-corrected chi connectivity index (χ3v) is 3.70. The lowest BCUT2D eigenvalue weighted by Crippen LogP contribution is -2.44. The third kappa shape index (κ3) is 8.19. The van der Waals surface area contributed by atoms with Gasteiger partial charge in [-0.2, -0.15) is 11.8 Å². The van der Waals surface area contributed by atoms with E-state index in [1.807, 2.05) is 20.1 Å². The van der Waals surface area contributed by atoms with E-state index in [-0.39, 0.29) is 23.7 Å². The fourth-order valence-electron chi connectivity index (χ4n) is 1.07. The van der Waals surface area contributed by atoms with Gasteiger partial charge in [-0.3, -0.25) is 4.79 Å². The molecule has 0 spiro atoms. The van der Waals surface area contributed by atoms with Crippen molar-refractivity contribution in [2.45, 2.75) is 31.1 Å². The van der Waals surface area contributed by atoms with Crippen LogP contribution in [0.15, 0.2) is 0 Å². The number of amides is 2. The molecule has 0 saturated carbocycles. The summed E-state index contributed by atoms with van der Waals surface area (Å²) in [4.78, 5) is 22.0. The van der Waals surface area contributed by atoms with Crippen LogP contribution in [0.1, 0.15) is 20.3 Å². The van der Waals surface area contributed by atoms with E-state index < -0.39 is 12.1 Å². The van der Waals surface area contributed by atoms with Crippen molar-refractivity contribution in [2.24, 2.45) is 0 Å². The normalized spacial score (nSPS) is 12.9. The van der Waals surface area contributed by atoms with Crippen LogP contribution in [-0.4, -0.2) is 54.4 Å². The van der Waals surface area contributed by atoms with E-state index in [1.165, 1.54) is 7.11 Å². The Bertz CT molecular complexity index is 284. The number of hydrogen-bond donors (Lipinski definition) is 3. The smallest absolute Gasteiger partial charge is 0.314 e. The van der Waals surface area contributed by atoms with E-state index in [0.717, 1.165) is 0 Å². The molecule has 2 amide bonds. The van der Waals surface area contributed by atoms with Crippen LogP contribution in [0.5, 0.6) is 0 Å². The molecule has 0 aliphatic heterocycles. The molecular formula is C11H22N2O4S. The number of methoxy groups -OCH3 is 1. The third-order valence-electron chi connectivity index (χ3n) is 2.45. The minimum atomic E-state index is -0.951. The maximum Gasteiger partial charge on any atom is 0.314 e. The summed E-state index contributed by atoms with van der Waals surface area (Å²) in [5.74, 6) is -0.951. The van der Waals surface area contributed by atoms with Gasteiger partial charge in [0.15, 0.2) is 0 Å². The van der Waals surface area contributed by atoms with Crippen LogP contribution in [0.2, 0.25) is 0 Å². The molecular weight excluding hydrogens is 256 g/mol. The highest BCUT2D eigenvalue weighted by Crippen LogP contribution is 2.19. The van der Waals surface area contributed by atoms with Gasteiger partial charge in [0.25, 0.3) is 0 Å². The lowest BCUT2D eigenvalue weighted by atomic mass is 10.2. The average Bonchev–Trinajstić information content (AvgIpc) is 2.31. The van der Waals surface area contributed by atoms with Crippen LogP contribution in [0, 0.1) is 0 Å². The molecule has 0 fully saturated rings. The minimum absolute atomic E-state index is 0.0287. The lowest BCUT2D eigenvalue weighted by molar-refractivity contribution is -0.139. The Kier molecular flexibility index (Phi) is 7.77. The van der Waals surface area contributed by atoms with Crippen molar-refractivity contribution in [1.82, 2.24) is 10.6 Å². The summed E-state index contributed by atoms with van der Waals surface area (Å²) in [6.45, 7) is 4.77. The summed E-state index contributed by atoms with van der Waals surface area (Å²) < 4.78 is 4.92. The molecule has 0 heterocycles. The summed E-state index contributed by atoms with van der Waals surface area (Å²) >= 11 is 1.66. The standard InChI is InChI=1S/C11H22N2O4S/c1-11(2,18-4)7-13-10(16)12-6-8(17-3)5-9(14)15/h8H,5-7H2,1-4H3,(H,14,15)(H2,12,13,16). The Morgan fingerprint density at radius 2 is 2.00 bits per heavy atom. The van der Waals surface area contributed by atoms with E-state index in [1.54, 1.807) is 11.8 Å². The Balaban J connectivity index is 3.91. The second-order valence-electron chi connectivity index (χ2n) is 4.48. The number of carboxylic acid groups (broad SMARTS) is 1. The first-order chi connectivity index (χ1) is 8.30. The summed E-state index contributed by atoms with van der Waals surface area (Å²) in [5.41, 5.74) is 0. The molecule has 0 aliphatic carbocycles. The van der Waals surface area contributed by atoms with Crippen LogP contribution in [0.4, 0.5) is 4.79 Å². The molecule has 0 bridgehead atoms. The molecule has 3 N–H and O–H groups in total. The van der Waals surface area contributed by atoms with E-state index in [9.17, 15) is 9.59 Å². The van der Waals surface area contributed by atoms with Gasteiger partial charge in [-0.1, -0.05) is 0 Å². The van der Waals surface area contributed by atoms with Crippen molar-refractivity contribution in [1.29, 1.82) is 0 Å². The van der Waals surface area contributed by atoms with E-state index >= 15 is 0 Å². The van der Waals surface area contributed by atoms with Gasteiger partial charge in [0, 0.05) is 24.9 Å². The molecule has 0 aromatic heterocycles. The summed E-state index contributed by atoms with van der Waals surface area (Å²) in [7, 11) is 1.42. The van der Waals surface area contributed by atoms with E-state index in [0.29, 0.717) is 6.54 Å². The summed E-state index contributed by atoms with van der Waals surface area (Å²) in [6, 6.07) is -0.315. The quantitative estimate of drug-likeness (QED) is 0.614. The first-order valence-electron chi connectivity index (χ1n) is 5.62. The van der Waals surface area contributed by atoms with Gasteiger partial charge in [0.05, 0.1) is 12.5 Å². The average molecular weight is 278 g/mol. The molecule has 0 aromatic rings. The van der Waals surface area contributed by atoms with Crippen molar-refractivity contribution >= 4 is 23.8 Å². The predicted octanol–water partition coefficient (Wildman–Crippen LogP) is 0.917. The number of aliphatic carboxylic acids is 1. The van der Waals surface area contributed by atoms with Crippen molar-refractivity contribution < 1.29 is 19.4 Å². The molecule has 18 heavy (non-hydrogen) atoms. The highest BCUT2D eigenvalue weighted by Gasteiger charge is 2.18. The number of carbonyl (C=O) groups is 2. The first-order valence-corrected chi connectivity index (χ1v) is 6.84. The second kappa shape index (κ2) is 8.20. The van der Waals surface area contributed by atoms with E-state index in [4.69, 9.17) is 9.84 Å². The van der Waals surface area contributed by atoms with Gasteiger partial charge in [0.1, 0.15) is 0 Å². The molecule has 0 aromatic carbocycles. The summed E-state index contributed by atoms with van der Waals surface area (Å²) in [5, 5.41) is 13.9. The lowest BCUT2D eigenvalue weighted by Gasteiger charge is -2.22. The van der Waals surface area contributed by atoms with Gasteiger partial charge >= 0.3 is 12.0 Å². The van der Waals surface area contributed by atoms with Crippen molar-refractivity contribution in [3.63, 3.8) is 0 Å². The number of carboxylic acids is 1. The number of thioether (sulfide) groups is 1. The molecule has 0 rings (SSSR count). The maximum absolute atomic E-state index is 11.5. The zero-order chi connectivity index (χ0) is 14.2. The minimum Gasteiger partial charge on any atom is -0.481 e. The van der Waals surface area contributed by atoms with Gasteiger partial charge in [0.2, 0.25) is 0 Å². The van der Waals surface area contributed by atoms with Crippen molar-refractivity contribution in [3.8, 4) is 0 Å². The predicted molar refractivity (Wildman–Crippen MR) is 72.0 cm³/mol. The highest BCUT2D eigenvalue weighted by atomic mass is 32.2. The maximum atomic E-state index is 11.5. The topological polar surface area (TPSA) is 87.7 Å². The Labute approximate surface area is 112 Å². The Morgan fingerprint density at radius 1 is 1.39 bits per heavy atom. The molecule has 1 unspecified atom stereocenters. The zero-order valence-electron chi connectivity index (χ0n) is 11.3. The molecule has 0 radical (unpaired) electrons. The largest absolute Gasteiger partial charge is 0.481 e. The van der Waals surface area contributed by atoms with Gasteiger partial charge in [-0.15, -0.1) is 0 Å². The molecule has 0 saturated heterocycles. The fraction of sp³-hybridized carbons (Fsp3) is 0.818. The first kappa shape index (κ1) is 17.1. The monoisotopic (exact) mass is 278 g/mol. The molecule has 1 atom stereocenters. The van der Waals surface area contributed by atoms with Crippen LogP contribution in [-0.2, 0) is 9.53 Å². The number of carbonyl (C=O) groups excluding carboxylic acids is 1. The number of urea groups is 1. The number of hydrogen-bond acceptors (Lipinski definition) is 4. The van der Waals surface area contributed by atoms with Crippen LogP contribution < -0.4 is 10.6 Å². The molecule has 106 valence electrons. The summed E-state index contributed by atoms with van der Waals surface area (Å²) in [6.07, 6.45) is 1.34. The zero-order valence-corrected chi connectivity index (χ0v) is 12.1. The Morgan fingerprint density at radius 3 is 2.44 bits per heavy atom. The van der Waals surface area contributed by atoms with Crippen LogP contribution in [0.3, 0.4) is 0 Å². The van der Waals surface area contributed by atoms with Crippen molar-refractivity contribution in [2.75, 3.05) is 26.5 Å². The Hall–Kier alpha value is -0.950. The van der Waals surface area contributed by atoms with Crippen LogP contribution in [0.25, 0.3) is 0 Å². The van der Waals surface area contributed by atoms with Crippen LogP contribution >= 0.6 is 11.8 Å². The number of rotatable bonds is 8. The highest BCUT2D eigenvalue weighted by molar-refractivity contribution is 7.99. The molecule has 6 nitrogen and oxygen atoms in total. The van der Waals surface area contributed by atoms with Gasteiger partial charge in [-0.05, 0) is 20.1 Å². The van der Waals surface area contributed by atoms with Crippen molar-refractivity contribution in [3.05, 3.63) is 0 Å². The fourth-order valence-corrected chi connectivity index (χ4v) is 1.28.